The normalized spacial score (nSPS) is 23.8. The second-order valence-electron chi connectivity index (χ2n) is 11.8. The van der Waals surface area contributed by atoms with Crippen LogP contribution in [0.25, 0.3) is 5.65 Å². The number of imidazole rings is 1. The standard InChI is InChI=1S/C26H31F3N6O3/c1-13-8-7-9-17-31-11-16(35(13)17)15(10-30)32-21(36)19-18-14(25(18,5)6)12-34(19)22(37)20(24(2,3)4)33-23(38)26(27,28)29/h7-9,11,14-15,18-20H,12H2,1-6H3,(H,32,36)(H,33,38)/t14?,15?,18-,19?,20-/m1/s1. The Morgan fingerprint density at radius 3 is 2.42 bits per heavy atom. The fourth-order valence-corrected chi connectivity index (χ4v) is 5.67. The highest BCUT2D eigenvalue weighted by Gasteiger charge is 2.70. The van der Waals surface area contributed by atoms with Crippen molar-refractivity contribution in [3.8, 4) is 6.07 Å². The third-order valence-electron chi connectivity index (χ3n) is 7.87. The second kappa shape index (κ2) is 8.99. The molecule has 5 atom stereocenters. The van der Waals surface area contributed by atoms with E-state index >= 15 is 0 Å². The van der Waals surface area contributed by atoms with Crippen LogP contribution in [0, 0.1) is 40.9 Å². The summed E-state index contributed by atoms with van der Waals surface area (Å²) in [4.78, 5) is 44.6. The number of carbonyl (C=O) groups excluding carboxylic acids is 3. The van der Waals surface area contributed by atoms with Crippen LogP contribution in [-0.4, -0.2) is 56.8 Å². The van der Waals surface area contributed by atoms with Crippen molar-refractivity contribution in [1.82, 2.24) is 24.9 Å². The lowest BCUT2D eigenvalue weighted by Gasteiger charge is -2.37. The molecule has 1 aliphatic carbocycles. The molecule has 0 radical (unpaired) electrons. The molecule has 38 heavy (non-hydrogen) atoms. The number of alkyl halides is 3. The molecule has 0 bridgehead atoms. The Morgan fingerprint density at radius 1 is 1.18 bits per heavy atom. The Morgan fingerprint density at radius 2 is 1.84 bits per heavy atom. The van der Waals surface area contributed by atoms with Gasteiger partial charge in [0.1, 0.15) is 17.7 Å². The lowest BCUT2D eigenvalue weighted by Crippen LogP contribution is -2.60. The Labute approximate surface area is 218 Å². The van der Waals surface area contributed by atoms with Crippen LogP contribution in [0.1, 0.15) is 52.0 Å². The summed E-state index contributed by atoms with van der Waals surface area (Å²) in [6.45, 7) is 10.6. The Balaban J connectivity index is 1.63. The van der Waals surface area contributed by atoms with Crippen molar-refractivity contribution in [2.75, 3.05) is 6.54 Å². The number of carbonyl (C=O) groups is 3. The number of likely N-dealkylation sites (tertiary alicyclic amines) is 1. The van der Waals surface area contributed by atoms with Crippen LogP contribution in [0.5, 0.6) is 0 Å². The number of aromatic nitrogens is 2. The van der Waals surface area contributed by atoms with Gasteiger partial charge >= 0.3 is 12.1 Å². The summed E-state index contributed by atoms with van der Waals surface area (Å²) in [5.74, 6) is -3.85. The van der Waals surface area contributed by atoms with Crippen LogP contribution in [0.15, 0.2) is 24.4 Å². The molecule has 0 spiro atoms. The summed E-state index contributed by atoms with van der Waals surface area (Å²) < 4.78 is 40.8. The molecule has 3 heterocycles. The van der Waals surface area contributed by atoms with Gasteiger partial charge in [-0.25, -0.2) is 4.98 Å². The third-order valence-corrected chi connectivity index (χ3v) is 7.87. The van der Waals surface area contributed by atoms with Gasteiger partial charge in [0.2, 0.25) is 11.8 Å². The van der Waals surface area contributed by atoms with Gasteiger partial charge < -0.3 is 15.5 Å². The summed E-state index contributed by atoms with van der Waals surface area (Å²) >= 11 is 0. The summed E-state index contributed by atoms with van der Waals surface area (Å²) in [6.07, 6.45) is -3.66. The molecule has 2 aromatic rings. The molecule has 2 aliphatic rings. The highest BCUT2D eigenvalue weighted by molar-refractivity contribution is 5.95. The van der Waals surface area contributed by atoms with E-state index in [1.165, 1.54) is 11.1 Å². The van der Waals surface area contributed by atoms with Crippen LogP contribution in [0.4, 0.5) is 13.2 Å². The minimum Gasteiger partial charge on any atom is -0.336 e. The van der Waals surface area contributed by atoms with Crippen LogP contribution < -0.4 is 10.6 Å². The van der Waals surface area contributed by atoms with Crippen molar-refractivity contribution in [3.63, 3.8) is 0 Å². The molecule has 1 aliphatic heterocycles. The highest BCUT2D eigenvalue weighted by atomic mass is 19.4. The van der Waals surface area contributed by atoms with Crippen LogP contribution in [-0.2, 0) is 14.4 Å². The number of halogens is 3. The smallest absolute Gasteiger partial charge is 0.336 e. The zero-order valence-electron chi connectivity index (χ0n) is 22.1. The molecular formula is C26H31F3N6O3. The zero-order valence-corrected chi connectivity index (χ0v) is 22.1. The van der Waals surface area contributed by atoms with Crippen molar-refractivity contribution in [1.29, 1.82) is 5.26 Å². The largest absolute Gasteiger partial charge is 0.471 e. The fraction of sp³-hybridized carbons (Fsp3) is 0.577. The molecule has 1 saturated heterocycles. The predicted molar refractivity (Wildman–Crippen MR) is 130 cm³/mol. The van der Waals surface area contributed by atoms with E-state index in [2.05, 4.69) is 16.4 Å². The maximum atomic E-state index is 13.7. The van der Waals surface area contributed by atoms with E-state index in [-0.39, 0.29) is 23.8 Å². The zero-order chi connectivity index (χ0) is 28.4. The number of nitrogens with zero attached hydrogens (tertiary/aromatic N) is 4. The van der Waals surface area contributed by atoms with E-state index in [9.17, 15) is 32.8 Å². The van der Waals surface area contributed by atoms with Crippen molar-refractivity contribution < 1.29 is 27.6 Å². The topological polar surface area (TPSA) is 120 Å². The van der Waals surface area contributed by atoms with E-state index < -0.39 is 47.4 Å². The minimum absolute atomic E-state index is 0.0419. The van der Waals surface area contributed by atoms with E-state index in [4.69, 9.17) is 0 Å². The molecule has 2 N–H and O–H groups in total. The Kier molecular flexibility index (Phi) is 6.49. The van der Waals surface area contributed by atoms with E-state index in [0.29, 0.717) is 11.3 Å². The molecular weight excluding hydrogens is 501 g/mol. The van der Waals surface area contributed by atoms with Gasteiger partial charge in [-0.2, -0.15) is 18.4 Å². The maximum Gasteiger partial charge on any atom is 0.471 e. The molecule has 4 rings (SSSR count). The van der Waals surface area contributed by atoms with E-state index in [1.54, 1.807) is 31.2 Å². The molecule has 0 aromatic carbocycles. The lowest BCUT2D eigenvalue weighted by molar-refractivity contribution is -0.176. The van der Waals surface area contributed by atoms with Crippen LogP contribution in [0.3, 0.4) is 0 Å². The van der Waals surface area contributed by atoms with Crippen molar-refractivity contribution in [2.45, 2.75) is 65.8 Å². The SMILES string of the molecule is Cc1cccc2ncc(C(C#N)NC(=O)C3[C@H]4C(CN3C(=O)[C@@H](NC(=O)C(F)(F)F)C(C)(C)C)C4(C)C)n12. The second-order valence-corrected chi connectivity index (χ2v) is 11.8. The number of aryl methyl sites for hydroxylation is 1. The number of nitriles is 1. The van der Waals surface area contributed by atoms with E-state index in [1.807, 2.05) is 38.2 Å². The molecule has 1 saturated carbocycles. The van der Waals surface area contributed by atoms with Crippen LogP contribution in [0.2, 0.25) is 0 Å². The van der Waals surface area contributed by atoms with Gasteiger partial charge in [-0.3, -0.25) is 18.8 Å². The Bertz CT molecular complexity index is 1340. The highest BCUT2D eigenvalue weighted by Crippen LogP contribution is 2.65. The van der Waals surface area contributed by atoms with Gasteiger partial charge in [0.05, 0.1) is 18.0 Å². The van der Waals surface area contributed by atoms with Gasteiger partial charge in [-0.15, -0.1) is 0 Å². The third kappa shape index (κ3) is 4.59. The monoisotopic (exact) mass is 532 g/mol. The number of rotatable bonds is 5. The number of hydrogen-bond acceptors (Lipinski definition) is 5. The van der Waals surface area contributed by atoms with Crippen molar-refractivity contribution >= 4 is 23.4 Å². The quantitative estimate of drug-likeness (QED) is 0.614. The first-order chi connectivity index (χ1) is 17.5. The first-order valence-corrected chi connectivity index (χ1v) is 12.3. The number of hydrogen-bond donors (Lipinski definition) is 2. The summed E-state index contributed by atoms with van der Waals surface area (Å²) in [6, 6.07) is 3.90. The number of fused-ring (bicyclic) bond motifs is 2. The number of nitrogens with one attached hydrogen (secondary N) is 2. The molecule has 12 heteroatoms. The van der Waals surface area contributed by atoms with Gasteiger partial charge in [0.25, 0.3) is 0 Å². The van der Waals surface area contributed by atoms with Crippen molar-refractivity contribution in [3.05, 3.63) is 35.8 Å². The summed E-state index contributed by atoms with van der Waals surface area (Å²) in [7, 11) is 0. The predicted octanol–water partition coefficient (Wildman–Crippen LogP) is 2.90. The average Bonchev–Trinajstić information content (AvgIpc) is 3.20. The molecule has 2 fully saturated rings. The Hall–Kier alpha value is -3.62. The average molecular weight is 533 g/mol. The van der Waals surface area contributed by atoms with Crippen molar-refractivity contribution in [2.24, 2.45) is 22.7 Å². The summed E-state index contributed by atoms with van der Waals surface area (Å²) in [5.41, 5.74) is 0.516. The molecule has 9 nitrogen and oxygen atoms in total. The van der Waals surface area contributed by atoms with Gasteiger partial charge in [-0.05, 0) is 41.7 Å². The van der Waals surface area contributed by atoms with Gasteiger partial charge in [-0.1, -0.05) is 40.7 Å². The molecule has 3 unspecified atom stereocenters. The molecule has 2 aromatic heterocycles. The van der Waals surface area contributed by atoms with Gasteiger partial charge in [0.15, 0.2) is 6.04 Å². The molecule has 3 amide bonds. The first kappa shape index (κ1) is 27.4. The van der Waals surface area contributed by atoms with E-state index in [0.717, 1.165) is 5.69 Å². The minimum atomic E-state index is -5.16. The number of piperidine rings is 1. The number of pyridine rings is 1. The number of amides is 3. The van der Waals surface area contributed by atoms with Crippen LogP contribution >= 0.6 is 0 Å². The fourth-order valence-electron chi connectivity index (χ4n) is 5.67. The summed E-state index contributed by atoms with van der Waals surface area (Å²) in [5, 5.41) is 14.5. The molecule has 204 valence electrons. The lowest BCUT2D eigenvalue weighted by atomic mass is 9.85. The van der Waals surface area contributed by atoms with Gasteiger partial charge in [0, 0.05) is 12.2 Å². The first-order valence-electron chi connectivity index (χ1n) is 12.3. The maximum absolute atomic E-state index is 13.7.